The highest BCUT2D eigenvalue weighted by Crippen LogP contribution is 2.26. The van der Waals surface area contributed by atoms with Crippen LogP contribution in [0.1, 0.15) is 17.4 Å². The summed E-state index contributed by atoms with van der Waals surface area (Å²) in [6.07, 6.45) is 0. The van der Waals surface area contributed by atoms with Gasteiger partial charge in [0.2, 0.25) is 0 Å². The number of benzene rings is 1. The molecule has 2 rings (SSSR count). The van der Waals surface area contributed by atoms with Crippen LogP contribution in [0.15, 0.2) is 43.9 Å². The molecule has 0 aliphatic carbocycles. The molecule has 84 valence electrons. The summed E-state index contributed by atoms with van der Waals surface area (Å²) in [5.74, 6) is 0.259. The average molecular weight is 349 g/mol. The van der Waals surface area contributed by atoms with Crippen LogP contribution in [0.3, 0.4) is 0 Å². The molecular formula is C11H8Br2FNO. The lowest BCUT2D eigenvalue weighted by Crippen LogP contribution is -2.11. The van der Waals surface area contributed by atoms with Crippen molar-refractivity contribution in [2.75, 3.05) is 0 Å². The highest BCUT2D eigenvalue weighted by atomic mass is 79.9. The van der Waals surface area contributed by atoms with E-state index in [2.05, 4.69) is 31.9 Å². The van der Waals surface area contributed by atoms with E-state index in [-0.39, 0.29) is 5.82 Å². The number of rotatable bonds is 2. The third kappa shape index (κ3) is 2.53. The van der Waals surface area contributed by atoms with Gasteiger partial charge in [0.25, 0.3) is 0 Å². The molecular weight excluding hydrogens is 341 g/mol. The minimum absolute atomic E-state index is 0.328. The Morgan fingerprint density at radius 2 is 1.94 bits per heavy atom. The number of hydrogen-bond donors (Lipinski definition) is 1. The second kappa shape index (κ2) is 4.69. The van der Waals surface area contributed by atoms with Crippen molar-refractivity contribution in [2.24, 2.45) is 5.73 Å². The topological polar surface area (TPSA) is 39.2 Å². The quantitative estimate of drug-likeness (QED) is 0.891. The molecule has 1 atom stereocenters. The van der Waals surface area contributed by atoms with E-state index in [1.165, 1.54) is 12.1 Å². The van der Waals surface area contributed by atoms with Crippen molar-refractivity contribution in [1.29, 1.82) is 0 Å². The van der Waals surface area contributed by atoms with Gasteiger partial charge in [0.1, 0.15) is 11.6 Å². The van der Waals surface area contributed by atoms with Crippen LogP contribution in [0.2, 0.25) is 0 Å². The summed E-state index contributed by atoms with van der Waals surface area (Å²) in [7, 11) is 0. The monoisotopic (exact) mass is 347 g/mol. The first kappa shape index (κ1) is 11.8. The maximum absolute atomic E-state index is 13.2. The Hall–Kier alpha value is -0.650. The minimum Gasteiger partial charge on any atom is -0.452 e. The predicted octanol–water partition coefficient (Wildman–Crippen LogP) is 3.99. The zero-order valence-corrected chi connectivity index (χ0v) is 11.3. The van der Waals surface area contributed by atoms with E-state index in [1.807, 2.05) is 0 Å². The smallest absolute Gasteiger partial charge is 0.169 e. The second-order valence-corrected chi connectivity index (χ2v) is 5.02. The Bertz CT molecular complexity index is 492. The summed E-state index contributed by atoms with van der Waals surface area (Å²) >= 11 is 6.42. The van der Waals surface area contributed by atoms with E-state index in [4.69, 9.17) is 10.2 Å². The Kier molecular flexibility index (Phi) is 3.47. The molecule has 0 amide bonds. The first-order valence-electron chi connectivity index (χ1n) is 4.53. The summed E-state index contributed by atoms with van der Waals surface area (Å²) in [6.45, 7) is 0. The van der Waals surface area contributed by atoms with Crippen molar-refractivity contribution >= 4 is 31.9 Å². The van der Waals surface area contributed by atoms with Crippen LogP contribution in [0.5, 0.6) is 0 Å². The van der Waals surface area contributed by atoms with Gasteiger partial charge in [0, 0.05) is 4.47 Å². The average Bonchev–Trinajstić information content (AvgIpc) is 2.62. The van der Waals surface area contributed by atoms with Crippen LogP contribution in [0.4, 0.5) is 4.39 Å². The Balaban J connectivity index is 2.37. The Labute approximate surface area is 109 Å². The fraction of sp³-hybridized carbons (Fsp3) is 0.0909. The van der Waals surface area contributed by atoms with E-state index in [1.54, 1.807) is 18.2 Å². The van der Waals surface area contributed by atoms with Crippen LogP contribution >= 0.6 is 31.9 Å². The van der Waals surface area contributed by atoms with Gasteiger partial charge < -0.3 is 10.2 Å². The summed E-state index contributed by atoms with van der Waals surface area (Å²) in [4.78, 5) is 0. The molecule has 5 heteroatoms. The van der Waals surface area contributed by atoms with Crippen LogP contribution in [0.25, 0.3) is 0 Å². The molecule has 1 aromatic carbocycles. The van der Waals surface area contributed by atoms with Gasteiger partial charge in [0.05, 0.1) is 6.04 Å². The fourth-order valence-electron chi connectivity index (χ4n) is 1.41. The number of halogens is 3. The molecule has 0 saturated carbocycles. The van der Waals surface area contributed by atoms with Crippen molar-refractivity contribution in [3.05, 3.63) is 56.6 Å². The molecule has 1 unspecified atom stereocenters. The fourth-order valence-corrected chi connectivity index (χ4v) is 2.22. The molecule has 16 heavy (non-hydrogen) atoms. The van der Waals surface area contributed by atoms with Gasteiger partial charge >= 0.3 is 0 Å². The predicted molar refractivity (Wildman–Crippen MR) is 66.5 cm³/mol. The van der Waals surface area contributed by atoms with E-state index in [0.29, 0.717) is 20.5 Å². The summed E-state index contributed by atoms with van der Waals surface area (Å²) in [6, 6.07) is 7.58. The van der Waals surface area contributed by atoms with Crippen molar-refractivity contribution in [1.82, 2.24) is 0 Å². The lowest BCUT2D eigenvalue weighted by Gasteiger charge is -2.09. The van der Waals surface area contributed by atoms with Gasteiger partial charge in [0.15, 0.2) is 4.67 Å². The van der Waals surface area contributed by atoms with Crippen molar-refractivity contribution < 1.29 is 8.81 Å². The van der Waals surface area contributed by atoms with Crippen molar-refractivity contribution in [3.63, 3.8) is 0 Å². The molecule has 2 aromatic rings. The lowest BCUT2D eigenvalue weighted by atomic mass is 10.1. The first-order valence-corrected chi connectivity index (χ1v) is 6.11. The van der Waals surface area contributed by atoms with Crippen LogP contribution in [-0.2, 0) is 0 Å². The van der Waals surface area contributed by atoms with Gasteiger partial charge in [-0.05, 0) is 51.8 Å². The van der Waals surface area contributed by atoms with Crippen LogP contribution in [-0.4, -0.2) is 0 Å². The molecule has 0 fully saturated rings. The Morgan fingerprint density at radius 1 is 1.19 bits per heavy atom. The number of nitrogens with two attached hydrogens (primary N) is 1. The highest BCUT2D eigenvalue weighted by molar-refractivity contribution is 9.10. The molecule has 1 heterocycles. The molecule has 0 aliphatic heterocycles. The zero-order chi connectivity index (χ0) is 11.7. The number of hydrogen-bond acceptors (Lipinski definition) is 2. The summed E-state index contributed by atoms with van der Waals surface area (Å²) < 4.78 is 19.8. The summed E-state index contributed by atoms with van der Waals surface area (Å²) in [5.41, 5.74) is 6.63. The van der Waals surface area contributed by atoms with E-state index in [9.17, 15) is 4.39 Å². The SMILES string of the molecule is NC(c1cc(F)cc(Br)c1)c1ccc(Br)o1. The van der Waals surface area contributed by atoms with Crippen molar-refractivity contribution in [3.8, 4) is 0 Å². The largest absolute Gasteiger partial charge is 0.452 e. The summed E-state index contributed by atoms with van der Waals surface area (Å²) in [5, 5.41) is 0. The van der Waals surface area contributed by atoms with Gasteiger partial charge in [-0.15, -0.1) is 0 Å². The molecule has 2 nitrogen and oxygen atoms in total. The normalized spacial score (nSPS) is 12.8. The molecule has 0 aliphatic rings. The number of furan rings is 1. The van der Waals surface area contributed by atoms with Gasteiger partial charge in [-0.2, -0.15) is 0 Å². The maximum atomic E-state index is 13.2. The first-order chi connectivity index (χ1) is 7.56. The van der Waals surface area contributed by atoms with Crippen LogP contribution < -0.4 is 5.73 Å². The standard InChI is InChI=1S/C11H8Br2FNO/c12-7-3-6(4-8(14)5-7)11(15)9-1-2-10(13)16-9/h1-5,11H,15H2. The van der Waals surface area contributed by atoms with E-state index >= 15 is 0 Å². The maximum Gasteiger partial charge on any atom is 0.169 e. The highest BCUT2D eigenvalue weighted by Gasteiger charge is 2.14. The molecule has 1 aromatic heterocycles. The molecule has 2 N–H and O–H groups in total. The lowest BCUT2D eigenvalue weighted by molar-refractivity contribution is 0.469. The molecule has 0 spiro atoms. The zero-order valence-electron chi connectivity index (χ0n) is 8.08. The van der Waals surface area contributed by atoms with Gasteiger partial charge in [-0.3, -0.25) is 0 Å². The molecule has 0 bridgehead atoms. The minimum atomic E-state index is -0.474. The van der Waals surface area contributed by atoms with Gasteiger partial charge in [-0.1, -0.05) is 15.9 Å². The van der Waals surface area contributed by atoms with E-state index in [0.717, 1.165) is 0 Å². The van der Waals surface area contributed by atoms with Crippen molar-refractivity contribution in [2.45, 2.75) is 6.04 Å². The molecule has 0 saturated heterocycles. The third-order valence-electron chi connectivity index (χ3n) is 2.14. The Morgan fingerprint density at radius 3 is 2.50 bits per heavy atom. The molecule has 0 radical (unpaired) electrons. The van der Waals surface area contributed by atoms with Gasteiger partial charge in [-0.25, -0.2) is 4.39 Å². The third-order valence-corrected chi connectivity index (χ3v) is 3.03. The van der Waals surface area contributed by atoms with E-state index < -0.39 is 6.04 Å². The van der Waals surface area contributed by atoms with Crippen LogP contribution in [0, 0.1) is 5.82 Å². The second-order valence-electron chi connectivity index (χ2n) is 3.32.